The van der Waals surface area contributed by atoms with Crippen LogP contribution in [0.4, 0.5) is 17.6 Å². The molecule has 80 valence electrons. The van der Waals surface area contributed by atoms with Gasteiger partial charge in [0.1, 0.15) is 12.5 Å². The minimum atomic E-state index is -1.56. The van der Waals surface area contributed by atoms with Crippen LogP contribution in [0.3, 0.4) is 0 Å². The quantitative estimate of drug-likeness (QED) is 0.373. The fourth-order valence-corrected chi connectivity index (χ4v) is 0.646. The van der Waals surface area contributed by atoms with E-state index in [1.807, 2.05) is 0 Å². The number of rotatable bonds is 3. The molecule has 0 N–H and O–H groups in total. The molecule has 0 fully saturated rings. The maximum Gasteiger partial charge on any atom is 0.167 e. The summed E-state index contributed by atoms with van der Waals surface area (Å²) in [4.78, 5) is 0. The second-order valence-electron chi connectivity index (χ2n) is 2.24. The SMILES string of the molecule is C#C.CC/C(F)=C(C)\C(F)=C(\F)CF. The zero-order valence-corrected chi connectivity index (χ0v) is 8.08. The second-order valence-corrected chi connectivity index (χ2v) is 2.24. The van der Waals surface area contributed by atoms with Crippen LogP contribution in [0.25, 0.3) is 0 Å². The summed E-state index contributed by atoms with van der Waals surface area (Å²) in [6, 6.07) is 0. The van der Waals surface area contributed by atoms with Crippen molar-refractivity contribution in [2.75, 3.05) is 6.67 Å². The molecule has 0 bridgehead atoms. The zero-order valence-electron chi connectivity index (χ0n) is 8.08. The van der Waals surface area contributed by atoms with Gasteiger partial charge < -0.3 is 0 Å². The van der Waals surface area contributed by atoms with Gasteiger partial charge in [-0.15, -0.1) is 12.8 Å². The lowest BCUT2D eigenvalue weighted by Gasteiger charge is -1.99. The summed E-state index contributed by atoms with van der Waals surface area (Å²) in [5.74, 6) is -3.76. The van der Waals surface area contributed by atoms with E-state index in [4.69, 9.17) is 0 Å². The molecule has 0 aliphatic rings. The van der Waals surface area contributed by atoms with Crippen LogP contribution >= 0.6 is 0 Å². The highest BCUT2D eigenvalue weighted by Gasteiger charge is 2.11. The van der Waals surface area contributed by atoms with E-state index in [0.717, 1.165) is 6.92 Å². The summed E-state index contributed by atoms with van der Waals surface area (Å²) in [5, 5.41) is 0. The van der Waals surface area contributed by atoms with Crippen LogP contribution in [0.5, 0.6) is 0 Å². The minimum absolute atomic E-state index is 0.0289. The monoisotopic (exact) mass is 208 g/mol. The lowest BCUT2D eigenvalue weighted by molar-refractivity contribution is 0.429. The molecule has 0 saturated heterocycles. The van der Waals surface area contributed by atoms with Gasteiger partial charge in [-0.1, -0.05) is 6.92 Å². The summed E-state index contributed by atoms with van der Waals surface area (Å²) >= 11 is 0. The van der Waals surface area contributed by atoms with Gasteiger partial charge in [0.2, 0.25) is 0 Å². The molecule has 4 heteroatoms. The molecule has 14 heavy (non-hydrogen) atoms. The smallest absolute Gasteiger partial charge is 0.167 e. The second kappa shape index (κ2) is 8.36. The highest BCUT2D eigenvalue weighted by Crippen LogP contribution is 2.22. The van der Waals surface area contributed by atoms with E-state index >= 15 is 0 Å². The Kier molecular flexibility index (Phi) is 9.10. The van der Waals surface area contributed by atoms with Gasteiger partial charge in [-0.3, -0.25) is 0 Å². The molecule has 0 saturated carbocycles. The van der Waals surface area contributed by atoms with Crippen molar-refractivity contribution in [3.05, 3.63) is 23.1 Å². The van der Waals surface area contributed by atoms with Crippen molar-refractivity contribution in [3.8, 4) is 12.8 Å². The Balaban J connectivity index is 0. The molecule has 0 spiro atoms. The Morgan fingerprint density at radius 2 is 1.50 bits per heavy atom. The molecule has 0 atom stereocenters. The Hall–Kier alpha value is -1.24. The van der Waals surface area contributed by atoms with E-state index in [-0.39, 0.29) is 6.42 Å². The highest BCUT2D eigenvalue weighted by molar-refractivity contribution is 5.28. The molecule has 0 aliphatic carbocycles. The molecule has 0 nitrogen and oxygen atoms in total. The largest absolute Gasteiger partial charge is 0.243 e. The van der Waals surface area contributed by atoms with E-state index < -0.39 is 29.7 Å². The molecule has 0 aromatic rings. The van der Waals surface area contributed by atoms with Crippen molar-refractivity contribution in [2.24, 2.45) is 0 Å². The fraction of sp³-hybridized carbons (Fsp3) is 0.400. The van der Waals surface area contributed by atoms with Crippen LogP contribution in [-0.4, -0.2) is 6.67 Å². The summed E-state index contributed by atoms with van der Waals surface area (Å²) in [6.07, 6.45) is 7.97. The van der Waals surface area contributed by atoms with Crippen LogP contribution < -0.4 is 0 Å². The number of terminal acetylenes is 1. The Labute approximate surface area is 81.3 Å². The fourth-order valence-electron chi connectivity index (χ4n) is 0.646. The topological polar surface area (TPSA) is 0 Å². The number of hydrogen-bond acceptors (Lipinski definition) is 0. The normalized spacial score (nSPS) is 13.4. The van der Waals surface area contributed by atoms with E-state index in [2.05, 4.69) is 12.8 Å². The van der Waals surface area contributed by atoms with Crippen molar-refractivity contribution >= 4 is 0 Å². The summed E-state index contributed by atoms with van der Waals surface area (Å²) in [6.45, 7) is 0.989. The summed E-state index contributed by atoms with van der Waals surface area (Å²) in [7, 11) is 0. The van der Waals surface area contributed by atoms with Crippen molar-refractivity contribution in [1.29, 1.82) is 0 Å². The van der Waals surface area contributed by atoms with Gasteiger partial charge in [0.25, 0.3) is 0 Å². The van der Waals surface area contributed by atoms with Crippen LogP contribution in [0.1, 0.15) is 20.3 Å². The van der Waals surface area contributed by atoms with Crippen molar-refractivity contribution in [2.45, 2.75) is 20.3 Å². The summed E-state index contributed by atoms with van der Waals surface area (Å²) in [5.41, 5.74) is -0.465. The van der Waals surface area contributed by atoms with Crippen molar-refractivity contribution in [3.63, 3.8) is 0 Å². The Morgan fingerprint density at radius 1 is 1.07 bits per heavy atom. The van der Waals surface area contributed by atoms with Crippen LogP contribution in [0.15, 0.2) is 23.1 Å². The van der Waals surface area contributed by atoms with E-state index in [0.29, 0.717) is 0 Å². The first-order valence-electron chi connectivity index (χ1n) is 3.83. The third kappa shape index (κ3) is 4.70. The lowest BCUT2D eigenvalue weighted by atomic mass is 10.2. The average Bonchev–Trinajstić information content (AvgIpc) is 2.27. The zero-order chi connectivity index (χ0) is 11.7. The van der Waals surface area contributed by atoms with Crippen LogP contribution in [0, 0.1) is 12.8 Å². The molecule has 0 aliphatic heterocycles. The van der Waals surface area contributed by atoms with E-state index in [9.17, 15) is 17.6 Å². The van der Waals surface area contributed by atoms with Crippen molar-refractivity contribution < 1.29 is 17.6 Å². The van der Waals surface area contributed by atoms with Gasteiger partial charge in [0, 0.05) is 5.57 Å². The van der Waals surface area contributed by atoms with Crippen LogP contribution in [0.2, 0.25) is 0 Å². The van der Waals surface area contributed by atoms with Gasteiger partial charge in [0.15, 0.2) is 11.7 Å². The first kappa shape index (κ1) is 15.2. The molecule has 0 amide bonds. The van der Waals surface area contributed by atoms with E-state index in [1.165, 1.54) is 6.92 Å². The molecule has 0 radical (unpaired) electrons. The standard InChI is InChI=1S/C8H10F4.C2H2/c1-3-6(10)5(2)8(12)7(11)4-9;1-2/h3-4H2,1-2H3;1-2H/b6-5+,8-7-;. The number of allylic oxidation sites excluding steroid dienone is 4. The Morgan fingerprint density at radius 3 is 1.79 bits per heavy atom. The average molecular weight is 208 g/mol. The Bertz CT molecular complexity index is 224. The van der Waals surface area contributed by atoms with Gasteiger partial charge in [0.05, 0.1) is 0 Å². The highest BCUT2D eigenvalue weighted by atomic mass is 19.2. The number of halogens is 4. The maximum absolute atomic E-state index is 12.6. The molecule has 0 rings (SSSR count). The maximum atomic E-state index is 12.6. The molecular formula is C10H12F4. The van der Waals surface area contributed by atoms with Gasteiger partial charge in [-0.2, -0.15) is 0 Å². The minimum Gasteiger partial charge on any atom is -0.243 e. The third-order valence-corrected chi connectivity index (χ3v) is 1.40. The van der Waals surface area contributed by atoms with Crippen LogP contribution in [-0.2, 0) is 0 Å². The van der Waals surface area contributed by atoms with Gasteiger partial charge in [-0.25, -0.2) is 17.6 Å². The summed E-state index contributed by atoms with van der Waals surface area (Å²) < 4.78 is 48.9. The van der Waals surface area contributed by atoms with Gasteiger partial charge in [-0.05, 0) is 13.3 Å². The van der Waals surface area contributed by atoms with Gasteiger partial charge >= 0.3 is 0 Å². The van der Waals surface area contributed by atoms with E-state index in [1.54, 1.807) is 0 Å². The molecular weight excluding hydrogens is 196 g/mol. The van der Waals surface area contributed by atoms with Crippen molar-refractivity contribution in [1.82, 2.24) is 0 Å². The molecule has 0 unspecified atom stereocenters. The number of hydrogen-bond donors (Lipinski definition) is 0. The predicted octanol–water partition coefficient (Wildman–Crippen LogP) is 4.01. The lowest BCUT2D eigenvalue weighted by Crippen LogP contribution is -1.88. The number of alkyl halides is 1. The first-order chi connectivity index (χ1) is 6.54. The first-order valence-corrected chi connectivity index (χ1v) is 3.83. The predicted molar refractivity (Wildman–Crippen MR) is 49.2 cm³/mol. The molecule has 0 aromatic heterocycles. The third-order valence-electron chi connectivity index (χ3n) is 1.40. The molecule has 0 heterocycles. The molecule has 0 aromatic carbocycles.